The van der Waals surface area contributed by atoms with Crippen molar-refractivity contribution in [3.05, 3.63) is 59.4 Å². The van der Waals surface area contributed by atoms with Gasteiger partial charge in [-0.1, -0.05) is 19.1 Å². The highest BCUT2D eigenvalue weighted by atomic mass is 19.1. The van der Waals surface area contributed by atoms with Gasteiger partial charge in [0, 0.05) is 63.9 Å². The predicted octanol–water partition coefficient (Wildman–Crippen LogP) is 3.50. The zero-order chi connectivity index (χ0) is 28.6. The van der Waals surface area contributed by atoms with Crippen molar-refractivity contribution in [2.24, 2.45) is 13.0 Å². The molecule has 11 heteroatoms. The van der Waals surface area contributed by atoms with E-state index >= 15 is 0 Å². The number of benzene rings is 2. The Hall–Kier alpha value is -3.86. The topological polar surface area (TPSA) is 108 Å². The minimum Gasteiger partial charge on any atom is -0.343 e. The van der Waals surface area contributed by atoms with E-state index in [1.807, 2.05) is 37.4 Å². The van der Waals surface area contributed by atoms with Crippen molar-refractivity contribution in [3.63, 3.8) is 0 Å². The highest BCUT2D eigenvalue weighted by molar-refractivity contribution is 5.90. The number of carbonyl (C=O) groups is 2. The summed E-state index contributed by atoms with van der Waals surface area (Å²) in [5, 5.41) is 17.7. The largest absolute Gasteiger partial charge is 0.343 e. The molecule has 1 aliphatic rings. The van der Waals surface area contributed by atoms with Crippen molar-refractivity contribution in [2.75, 3.05) is 38.5 Å². The van der Waals surface area contributed by atoms with Gasteiger partial charge >= 0.3 is 6.03 Å². The molecule has 214 valence electrons. The first kappa shape index (κ1) is 29.1. The van der Waals surface area contributed by atoms with Crippen LogP contribution in [0.4, 0.5) is 14.9 Å². The van der Waals surface area contributed by atoms with Gasteiger partial charge in [0.25, 0.3) is 0 Å². The number of halogens is 1. The van der Waals surface area contributed by atoms with Crippen molar-refractivity contribution in [1.29, 1.82) is 0 Å². The summed E-state index contributed by atoms with van der Waals surface area (Å²) in [7, 11) is 3.61. The van der Waals surface area contributed by atoms with Crippen LogP contribution in [0.1, 0.15) is 37.8 Å². The van der Waals surface area contributed by atoms with Gasteiger partial charge in [0.15, 0.2) is 5.82 Å². The van der Waals surface area contributed by atoms with E-state index in [4.69, 9.17) is 0 Å². The lowest BCUT2D eigenvalue weighted by Gasteiger charge is -2.42. The van der Waals surface area contributed by atoms with E-state index in [2.05, 4.69) is 38.0 Å². The molecule has 10 nitrogen and oxygen atoms in total. The molecule has 3 amide bonds. The summed E-state index contributed by atoms with van der Waals surface area (Å²) in [4.78, 5) is 29.4. The van der Waals surface area contributed by atoms with Gasteiger partial charge in [-0.3, -0.25) is 4.79 Å². The number of carbonyl (C=O) groups excluding carboxylic acids is 2. The minimum atomic E-state index is -0.298. The van der Waals surface area contributed by atoms with Crippen molar-refractivity contribution < 1.29 is 14.0 Å². The fourth-order valence-electron chi connectivity index (χ4n) is 5.37. The first-order chi connectivity index (χ1) is 19.2. The Morgan fingerprint density at radius 2 is 1.93 bits per heavy atom. The summed E-state index contributed by atoms with van der Waals surface area (Å²) >= 11 is 0. The molecule has 2 aromatic carbocycles. The van der Waals surface area contributed by atoms with Crippen LogP contribution in [0.2, 0.25) is 0 Å². The molecule has 2 heterocycles. The first-order valence-corrected chi connectivity index (χ1v) is 13.8. The highest BCUT2D eigenvalue weighted by Gasteiger charge is 2.33. The number of tetrazole rings is 1. The second kappa shape index (κ2) is 13.5. The Morgan fingerprint density at radius 1 is 1.15 bits per heavy atom. The molecule has 1 saturated heterocycles. The van der Waals surface area contributed by atoms with Gasteiger partial charge in [-0.05, 0) is 84.1 Å². The van der Waals surface area contributed by atoms with Crippen LogP contribution in [-0.4, -0.2) is 81.2 Å². The lowest BCUT2D eigenvalue weighted by molar-refractivity contribution is -0.131. The average molecular weight is 551 g/mol. The summed E-state index contributed by atoms with van der Waals surface area (Å²) in [5.74, 6) is 0.504. The Kier molecular flexibility index (Phi) is 9.81. The SMILES string of the molecule is CCc1cc(NC(=O)NC[C@@H]2CN(CCCc3ccc(F)cc3)CC[C@H]2N(C)C(C)=O)cc(-c2nnnn2C)c1. The molecule has 0 aliphatic carbocycles. The Balaban J connectivity index is 1.36. The fraction of sp³-hybridized carbons (Fsp3) is 0.483. The van der Waals surface area contributed by atoms with Crippen LogP contribution in [0.3, 0.4) is 0 Å². The van der Waals surface area contributed by atoms with Crippen molar-refractivity contribution in [1.82, 2.24) is 35.3 Å². The molecular weight excluding hydrogens is 511 g/mol. The van der Waals surface area contributed by atoms with E-state index in [1.54, 1.807) is 23.6 Å². The number of hydrogen-bond donors (Lipinski definition) is 2. The van der Waals surface area contributed by atoms with Gasteiger partial charge < -0.3 is 20.4 Å². The molecule has 0 radical (unpaired) electrons. The third-order valence-electron chi connectivity index (χ3n) is 7.69. The third-order valence-corrected chi connectivity index (χ3v) is 7.69. The summed E-state index contributed by atoms with van der Waals surface area (Å²) in [6, 6.07) is 12.2. The molecule has 0 unspecified atom stereocenters. The van der Waals surface area contributed by atoms with Gasteiger partial charge in [0.05, 0.1) is 0 Å². The van der Waals surface area contributed by atoms with Crippen LogP contribution in [0.15, 0.2) is 42.5 Å². The van der Waals surface area contributed by atoms with Gasteiger partial charge in [0.2, 0.25) is 5.91 Å². The minimum absolute atomic E-state index is 0.0198. The summed E-state index contributed by atoms with van der Waals surface area (Å²) < 4.78 is 14.8. The Labute approximate surface area is 234 Å². The normalized spacial score (nSPS) is 17.4. The fourth-order valence-corrected chi connectivity index (χ4v) is 5.37. The van der Waals surface area contributed by atoms with Crippen molar-refractivity contribution in [2.45, 2.75) is 45.6 Å². The summed E-state index contributed by atoms with van der Waals surface area (Å²) in [5.41, 5.74) is 3.67. The second-order valence-electron chi connectivity index (χ2n) is 10.5. The van der Waals surface area contributed by atoms with Crippen LogP contribution >= 0.6 is 0 Å². The maximum atomic E-state index is 13.2. The van der Waals surface area contributed by atoms with Crippen LogP contribution < -0.4 is 10.6 Å². The Bertz CT molecular complexity index is 1300. The summed E-state index contributed by atoms with van der Waals surface area (Å²) in [6.45, 7) is 6.64. The number of nitrogens with one attached hydrogen (secondary N) is 2. The predicted molar refractivity (Wildman–Crippen MR) is 152 cm³/mol. The lowest BCUT2D eigenvalue weighted by Crippen LogP contribution is -2.54. The highest BCUT2D eigenvalue weighted by Crippen LogP contribution is 2.24. The number of amides is 3. The van der Waals surface area contributed by atoms with E-state index in [-0.39, 0.29) is 29.7 Å². The number of aromatic nitrogens is 4. The lowest BCUT2D eigenvalue weighted by atomic mass is 9.90. The summed E-state index contributed by atoms with van der Waals surface area (Å²) in [6.07, 6.45) is 3.47. The van der Waals surface area contributed by atoms with E-state index in [0.717, 1.165) is 62.0 Å². The number of aryl methyl sites for hydroxylation is 3. The second-order valence-corrected chi connectivity index (χ2v) is 10.5. The number of rotatable bonds is 10. The number of hydrogen-bond acceptors (Lipinski definition) is 6. The molecule has 0 saturated carbocycles. The molecule has 0 bridgehead atoms. The maximum absolute atomic E-state index is 13.2. The van der Waals surface area contributed by atoms with Crippen LogP contribution in [0.25, 0.3) is 11.4 Å². The molecule has 3 aromatic rings. The molecule has 2 N–H and O–H groups in total. The van der Waals surface area contributed by atoms with Gasteiger partial charge in [0.1, 0.15) is 5.82 Å². The number of piperidine rings is 1. The third kappa shape index (κ3) is 7.62. The quantitative estimate of drug-likeness (QED) is 0.400. The van der Waals surface area contributed by atoms with Gasteiger partial charge in [-0.15, -0.1) is 5.10 Å². The first-order valence-electron chi connectivity index (χ1n) is 13.8. The molecule has 0 spiro atoms. The number of nitrogens with zero attached hydrogens (tertiary/aromatic N) is 6. The van der Waals surface area contributed by atoms with E-state index in [0.29, 0.717) is 18.1 Å². The van der Waals surface area contributed by atoms with Crippen molar-refractivity contribution in [3.8, 4) is 11.4 Å². The van der Waals surface area contributed by atoms with Crippen molar-refractivity contribution >= 4 is 17.6 Å². The van der Waals surface area contributed by atoms with E-state index < -0.39 is 0 Å². The van der Waals surface area contributed by atoms with Gasteiger partial charge in [-0.2, -0.15) is 0 Å². The number of anilines is 1. The zero-order valence-electron chi connectivity index (χ0n) is 23.7. The smallest absolute Gasteiger partial charge is 0.319 e. The van der Waals surface area contributed by atoms with Crippen LogP contribution in [0.5, 0.6) is 0 Å². The van der Waals surface area contributed by atoms with E-state index in [1.165, 1.54) is 12.1 Å². The zero-order valence-corrected chi connectivity index (χ0v) is 23.7. The molecule has 2 atom stereocenters. The molecule has 40 heavy (non-hydrogen) atoms. The van der Waals surface area contributed by atoms with Crippen LogP contribution in [0, 0.1) is 11.7 Å². The maximum Gasteiger partial charge on any atom is 0.319 e. The van der Waals surface area contributed by atoms with E-state index in [9.17, 15) is 14.0 Å². The van der Waals surface area contributed by atoms with Crippen LogP contribution in [-0.2, 0) is 24.7 Å². The molecular formula is C29H39FN8O2. The number of urea groups is 1. The molecule has 1 fully saturated rings. The monoisotopic (exact) mass is 550 g/mol. The standard InChI is InChI=1S/C29H39FN8O2/c1-5-21-15-23(28-33-34-35-37(28)4)17-26(16-21)32-29(40)31-18-24-19-38(14-12-27(24)36(3)20(2)39)13-6-7-22-8-10-25(30)11-9-22/h8-11,15-17,24,27H,5-7,12-14,18-19H2,1-4H3,(H2,31,32,40)/t24-,27-/m1/s1. The van der Waals surface area contributed by atoms with Gasteiger partial charge in [-0.25, -0.2) is 13.9 Å². The number of likely N-dealkylation sites (tertiary alicyclic amines) is 1. The molecule has 1 aromatic heterocycles. The average Bonchev–Trinajstić information content (AvgIpc) is 3.38. The molecule has 4 rings (SSSR count). The molecule has 1 aliphatic heterocycles. The Morgan fingerprint density at radius 3 is 2.60 bits per heavy atom.